The Bertz CT molecular complexity index is 394. The fourth-order valence-corrected chi connectivity index (χ4v) is 3.02. The van der Waals surface area contributed by atoms with Crippen LogP contribution in [0.4, 0.5) is 0 Å². The highest BCUT2D eigenvalue weighted by molar-refractivity contribution is 8.10. The lowest BCUT2D eigenvalue weighted by molar-refractivity contribution is 0.136. The predicted octanol–water partition coefficient (Wildman–Crippen LogP) is 2.45. The minimum atomic E-state index is 0.450. The summed E-state index contributed by atoms with van der Waals surface area (Å²) in [6.07, 6.45) is 1.04. The van der Waals surface area contributed by atoms with Gasteiger partial charge in [0, 0.05) is 25.7 Å². The van der Waals surface area contributed by atoms with Crippen LogP contribution in [0.15, 0.2) is 30.3 Å². The van der Waals surface area contributed by atoms with E-state index in [2.05, 4.69) is 59.7 Å². The average molecular weight is 280 g/mol. The van der Waals surface area contributed by atoms with Crippen molar-refractivity contribution in [1.29, 1.82) is 0 Å². The maximum Gasteiger partial charge on any atom is 0.133 e. The van der Waals surface area contributed by atoms with Crippen LogP contribution in [0.5, 0.6) is 0 Å². The summed E-state index contributed by atoms with van der Waals surface area (Å²) in [7, 11) is 0. The lowest BCUT2D eigenvalue weighted by Crippen LogP contribution is -2.54. The van der Waals surface area contributed by atoms with Crippen LogP contribution in [0.3, 0.4) is 0 Å². The smallest absolute Gasteiger partial charge is 0.133 e. The summed E-state index contributed by atoms with van der Waals surface area (Å²) in [6.45, 7) is 6.48. The molecule has 0 spiro atoms. The topological polar surface area (TPSA) is 6.48 Å². The number of piperazine rings is 1. The molecular formula is C14H20N2S2. The molecule has 0 aromatic heterocycles. The first-order valence-corrected chi connectivity index (χ1v) is 7.32. The number of rotatable bonds is 3. The highest BCUT2D eigenvalue weighted by Crippen LogP contribution is 2.16. The van der Waals surface area contributed by atoms with Gasteiger partial charge in [-0.05, 0) is 18.5 Å². The van der Waals surface area contributed by atoms with E-state index in [1.54, 1.807) is 0 Å². The summed E-state index contributed by atoms with van der Waals surface area (Å²) < 4.78 is 0.728. The summed E-state index contributed by atoms with van der Waals surface area (Å²) >= 11 is 9.62. The van der Waals surface area contributed by atoms with Crippen molar-refractivity contribution in [2.75, 3.05) is 26.2 Å². The van der Waals surface area contributed by atoms with E-state index in [4.69, 9.17) is 12.2 Å². The molecule has 1 unspecified atom stereocenters. The van der Waals surface area contributed by atoms with Gasteiger partial charge in [0.1, 0.15) is 4.32 Å². The van der Waals surface area contributed by atoms with Crippen molar-refractivity contribution in [3.8, 4) is 0 Å². The fraction of sp³-hybridized carbons (Fsp3) is 0.500. The highest BCUT2D eigenvalue weighted by atomic mass is 32.1. The molecule has 0 N–H and O–H groups in total. The van der Waals surface area contributed by atoms with E-state index in [1.165, 1.54) is 5.56 Å². The second-order valence-corrected chi connectivity index (χ2v) is 5.83. The molecule has 0 amide bonds. The zero-order valence-corrected chi connectivity index (χ0v) is 12.5. The summed E-state index contributed by atoms with van der Waals surface area (Å²) in [5.74, 6) is 0. The minimum Gasteiger partial charge on any atom is -0.352 e. The summed E-state index contributed by atoms with van der Waals surface area (Å²) in [6, 6.07) is 11.1. The van der Waals surface area contributed by atoms with Crippen molar-refractivity contribution in [2.24, 2.45) is 0 Å². The first-order chi connectivity index (χ1) is 8.70. The van der Waals surface area contributed by atoms with Crippen LogP contribution in [-0.2, 0) is 6.42 Å². The molecule has 1 saturated heterocycles. The van der Waals surface area contributed by atoms with E-state index < -0.39 is 0 Å². The lowest BCUT2D eigenvalue weighted by Gasteiger charge is -2.41. The van der Waals surface area contributed by atoms with Gasteiger partial charge in [-0.25, -0.2) is 0 Å². The van der Waals surface area contributed by atoms with Crippen LogP contribution < -0.4 is 0 Å². The van der Waals surface area contributed by atoms with Crippen LogP contribution >= 0.6 is 24.8 Å². The first-order valence-electron chi connectivity index (χ1n) is 6.46. The summed E-state index contributed by atoms with van der Waals surface area (Å²) in [4.78, 5) is 4.74. The number of hydrogen-bond acceptors (Lipinski definition) is 2. The third kappa shape index (κ3) is 3.46. The first kappa shape index (κ1) is 13.8. The third-order valence-electron chi connectivity index (χ3n) is 3.57. The molecule has 0 saturated carbocycles. The molecule has 2 rings (SSSR count). The van der Waals surface area contributed by atoms with Crippen LogP contribution in [0.2, 0.25) is 0 Å². The molecule has 0 bridgehead atoms. The SMILES string of the molecule is CCN1CCN(C(=S)S)C(Cc2ccccc2)C1. The van der Waals surface area contributed by atoms with Gasteiger partial charge in [-0.1, -0.05) is 49.5 Å². The van der Waals surface area contributed by atoms with E-state index >= 15 is 0 Å². The van der Waals surface area contributed by atoms with Gasteiger partial charge in [0.2, 0.25) is 0 Å². The molecule has 0 aliphatic carbocycles. The van der Waals surface area contributed by atoms with Crippen molar-refractivity contribution >= 4 is 29.2 Å². The van der Waals surface area contributed by atoms with Gasteiger partial charge in [-0.3, -0.25) is 4.90 Å². The summed E-state index contributed by atoms with van der Waals surface area (Å²) in [5, 5.41) is 0. The number of hydrogen-bond donors (Lipinski definition) is 1. The quantitative estimate of drug-likeness (QED) is 0.672. The number of thiol groups is 1. The van der Waals surface area contributed by atoms with E-state index in [9.17, 15) is 0 Å². The number of thiocarbonyl (C=S) groups is 1. The van der Waals surface area contributed by atoms with Crippen molar-refractivity contribution in [2.45, 2.75) is 19.4 Å². The molecular weight excluding hydrogens is 260 g/mol. The van der Waals surface area contributed by atoms with Gasteiger partial charge in [0.25, 0.3) is 0 Å². The van der Waals surface area contributed by atoms with Crippen LogP contribution in [0.1, 0.15) is 12.5 Å². The lowest BCUT2D eigenvalue weighted by atomic mass is 10.0. The Kier molecular flexibility index (Phi) is 5.03. The van der Waals surface area contributed by atoms with Crippen molar-refractivity contribution in [3.05, 3.63) is 35.9 Å². The molecule has 1 aromatic carbocycles. The van der Waals surface area contributed by atoms with Crippen LogP contribution in [0, 0.1) is 0 Å². The second-order valence-electron chi connectivity index (χ2n) is 4.71. The van der Waals surface area contributed by atoms with Crippen molar-refractivity contribution in [1.82, 2.24) is 9.80 Å². The number of likely N-dealkylation sites (N-methyl/N-ethyl adjacent to an activating group) is 1. The van der Waals surface area contributed by atoms with E-state index in [1.807, 2.05) is 0 Å². The standard InChI is InChI=1S/C14H20N2S2/c1-2-15-8-9-16(14(17)18)13(11-15)10-12-6-4-3-5-7-12/h3-7,13H,2,8-11H2,1H3,(H,17,18). The molecule has 1 fully saturated rings. The van der Waals surface area contributed by atoms with Crippen LogP contribution in [0.25, 0.3) is 0 Å². The molecule has 0 radical (unpaired) electrons. The normalized spacial score (nSPS) is 21.0. The Morgan fingerprint density at radius 3 is 2.67 bits per heavy atom. The maximum absolute atomic E-state index is 5.26. The second kappa shape index (κ2) is 6.55. The van der Waals surface area contributed by atoms with Crippen molar-refractivity contribution in [3.63, 3.8) is 0 Å². The number of benzene rings is 1. The molecule has 2 nitrogen and oxygen atoms in total. The van der Waals surface area contributed by atoms with Gasteiger partial charge >= 0.3 is 0 Å². The molecule has 4 heteroatoms. The van der Waals surface area contributed by atoms with Gasteiger partial charge in [-0.15, -0.1) is 12.6 Å². The highest BCUT2D eigenvalue weighted by Gasteiger charge is 2.26. The fourth-order valence-electron chi connectivity index (χ4n) is 2.52. The van der Waals surface area contributed by atoms with E-state index in [-0.39, 0.29) is 0 Å². The van der Waals surface area contributed by atoms with Crippen LogP contribution in [-0.4, -0.2) is 46.3 Å². The Balaban J connectivity index is 2.07. The Morgan fingerprint density at radius 2 is 2.06 bits per heavy atom. The Hall–Kier alpha value is -0.580. The van der Waals surface area contributed by atoms with Gasteiger partial charge < -0.3 is 4.90 Å². The summed E-state index contributed by atoms with van der Waals surface area (Å²) in [5.41, 5.74) is 1.37. The molecule has 1 aliphatic heterocycles. The minimum absolute atomic E-state index is 0.450. The van der Waals surface area contributed by atoms with Gasteiger partial charge in [-0.2, -0.15) is 0 Å². The van der Waals surface area contributed by atoms with E-state index in [0.29, 0.717) is 6.04 Å². The molecule has 18 heavy (non-hydrogen) atoms. The molecule has 98 valence electrons. The largest absolute Gasteiger partial charge is 0.352 e. The maximum atomic E-state index is 5.26. The average Bonchev–Trinajstić information content (AvgIpc) is 2.39. The molecule has 1 heterocycles. The Labute approximate surface area is 120 Å². The Morgan fingerprint density at radius 1 is 1.33 bits per heavy atom. The predicted molar refractivity (Wildman–Crippen MR) is 84.3 cm³/mol. The van der Waals surface area contributed by atoms with E-state index in [0.717, 1.165) is 36.9 Å². The van der Waals surface area contributed by atoms with Gasteiger partial charge in [0.15, 0.2) is 0 Å². The van der Waals surface area contributed by atoms with Crippen molar-refractivity contribution < 1.29 is 0 Å². The zero-order chi connectivity index (χ0) is 13.0. The zero-order valence-electron chi connectivity index (χ0n) is 10.7. The number of nitrogens with zero attached hydrogens (tertiary/aromatic N) is 2. The molecule has 1 aromatic rings. The molecule has 1 aliphatic rings. The third-order valence-corrected chi connectivity index (χ3v) is 4.07. The monoisotopic (exact) mass is 280 g/mol. The molecule has 1 atom stereocenters. The van der Waals surface area contributed by atoms with Gasteiger partial charge in [0.05, 0.1) is 0 Å².